The molecule has 0 aromatic rings. The van der Waals surface area contributed by atoms with Gasteiger partial charge in [0, 0.05) is 12.8 Å². The number of unbranched alkanes of at least 4 members (excludes halogenated alkanes) is 12. The summed E-state index contributed by atoms with van der Waals surface area (Å²) in [4.78, 5) is 52.7. The van der Waals surface area contributed by atoms with Crippen molar-refractivity contribution in [3.63, 3.8) is 0 Å². The highest BCUT2D eigenvalue weighted by Crippen LogP contribution is 2.44. The fourth-order valence-electron chi connectivity index (χ4n) is 5.78. The van der Waals surface area contributed by atoms with Crippen molar-refractivity contribution in [3.8, 4) is 0 Å². The van der Waals surface area contributed by atoms with Crippen molar-refractivity contribution in [2.75, 3.05) is 26.4 Å². The van der Waals surface area contributed by atoms with Crippen molar-refractivity contribution in [3.05, 3.63) is 48.6 Å². The Hall–Kier alpha value is -1.96. The van der Waals surface area contributed by atoms with Crippen molar-refractivity contribution in [2.24, 2.45) is 0 Å². The van der Waals surface area contributed by atoms with Gasteiger partial charge in [-0.2, -0.15) is 0 Å². The van der Waals surface area contributed by atoms with Gasteiger partial charge < -0.3 is 34.0 Å². The van der Waals surface area contributed by atoms with Crippen LogP contribution < -0.4 is 0 Å². The first-order valence-electron chi connectivity index (χ1n) is 21.5. The minimum atomic E-state index is -4.87. The fourth-order valence-corrected chi connectivity index (χ4v) is 6.94. The molecule has 1 aliphatic heterocycles. The first-order valence-corrected chi connectivity index (χ1v) is 24.5. The molecule has 16 heteroatoms. The van der Waals surface area contributed by atoms with Crippen molar-refractivity contribution < 1.29 is 66.3 Å². The molecule has 0 bridgehead atoms. The Bertz CT molecular complexity index is 1280. The number of ether oxygens (including phenoxy) is 3. The van der Waals surface area contributed by atoms with Gasteiger partial charge in [-0.1, -0.05) is 120 Å². The number of hydrogen-bond acceptors (Lipinski definition) is 11. The first kappa shape index (κ1) is 54.1. The monoisotopic (exact) mass is 864 g/mol. The third-order valence-electron chi connectivity index (χ3n) is 9.12. The molecule has 336 valence electrons. The molecule has 3 unspecified atom stereocenters. The lowest BCUT2D eigenvalue weighted by molar-refractivity contribution is -0.161. The van der Waals surface area contributed by atoms with E-state index in [1.165, 1.54) is 19.3 Å². The molecule has 0 aliphatic carbocycles. The van der Waals surface area contributed by atoms with Gasteiger partial charge >= 0.3 is 27.6 Å². The number of aliphatic hydroxyl groups is 1. The summed E-state index contributed by atoms with van der Waals surface area (Å²) >= 11 is 0. The highest BCUT2D eigenvalue weighted by molar-refractivity contribution is 7.47. The van der Waals surface area contributed by atoms with E-state index in [1.807, 2.05) is 0 Å². The normalized spacial score (nSPS) is 18.0. The molecule has 0 aromatic carbocycles. The maximum atomic E-state index is 12.7. The zero-order valence-corrected chi connectivity index (χ0v) is 36.9. The van der Waals surface area contributed by atoms with Crippen molar-refractivity contribution in [2.45, 2.75) is 180 Å². The van der Waals surface area contributed by atoms with Gasteiger partial charge in [0.05, 0.1) is 32.0 Å². The molecule has 1 rings (SSSR count). The molecule has 1 heterocycles. The maximum Gasteiger partial charge on any atom is 0.472 e. The maximum absolute atomic E-state index is 12.7. The summed E-state index contributed by atoms with van der Waals surface area (Å²) in [5.41, 5.74) is 0. The number of aliphatic hydroxyl groups excluding tert-OH is 1. The van der Waals surface area contributed by atoms with Gasteiger partial charge in [-0.3, -0.25) is 23.2 Å². The number of carbonyl (C=O) groups is 2. The zero-order valence-electron chi connectivity index (χ0n) is 35.1. The van der Waals surface area contributed by atoms with E-state index in [1.54, 1.807) is 0 Å². The molecule has 4 N–H and O–H groups in total. The summed E-state index contributed by atoms with van der Waals surface area (Å²) in [6, 6.07) is 0. The first-order chi connectivity index (χ1) is 27.8. The van der Waals surface area contributed by atoms with E-state index in [0.717, 1.165) is 96.3 Å². The van der Waals surface area contributed by atoms with Crippen LogP contribution in [0, 0.1) is 0 Å². The summed E-state index contributed by atoms with van der Waals surface area (Å²) in [6.07, 6.45) is 35.5. The summed E-state index contributed by atoms with van der Waals surface area (Å²) in [5, 5.41) is 9.74. The second-order valence-corrected chi connectivity index (χ2v) is 17.3. The second kappa shape index (κ2) is 34.7. The van der Waals surface area contributed by atoms with E-state index in [-0.39, 0.29) is 12.8 Å². The predicted molar refractivity (Wildman–Crippen MR) is 225 cm³/mol. The van der Waals surface area contributed by atoms with Gasteiger partial charge in [-0.05, 0) is 70.6 Å². The molecule has 0 aromatic heterocycles. The molecule has 58 heavy (non-hydrogen) atoms. The third kappa shape index (κ3) is 34.9. The van der Waals surface area contributed by atoms with E-state index in [4.69, 9.17) is 28.5 Å². The zero-order chi connectivity index (χ0) is 42.7. The largest absolute Gasteiger partial charge is 0.472 e. The molecule has 1 fully saturated rings. The van der Waals surface area contributed by atoms with Crippen LogP contribution in [0.5, 0.6) is 0 Å². The number of hydrogen-bond donors (Lipinski definition) is 4. The third-order valence-corrected chi connectivity index (χ3v) is 10.6. The van der Waals surface area contributed by atoms with Gasteiger partial charge in [0.1, 0.15) is 12.7 Å². The number of rotatable bonds is 39. The smallest absolute Gasteiger partial charge is 0.462 e. The van der Waals surface area contributed by atoms with Crippen LogP contribution in [-0.4, -0.2) is 82.6 Å². The van der Waals surface area contributed by atoms with Crippen molar-refractivity contribution in [1.29, 1.82) is 0 Å². The minimum absolute atomic E-state index is 0.104. The lowest BCUT2D eigenvalue weighted by Crippen LogP contribution is -2.30. The Balaban J connectivity index is 2.38. The highest BCUT2D eigenvalue weighted by atomic mass is 31.2. The summed E-state index contributed by atoms with van der Waals surface area (Å²) in [7, 11) is -9.69. The minimum Gasteiger partial charge on any atom is -0.462 e. The van der Waals surface area contributed by atoms with Gasteiger partial charge in [0.2, 0.25) is 0 Å². The van der Waals surface area contributed by atoms with Gasteiger partial charge in [0.15, 0.2) is 6.10 Å². The molecule has 1 saturated heterocycles. The van der Waals surface area contributed by atoms with E-state index < -0.39 is 66.2 Å². The van der Waals surface area contributed by atoms with Crippen LogP contribution in [0.25, 0.3) is 0 Å². The summed E-state index contributed by atoms with van der Waals surface area (Å²) < 4.78 is 53.5. The quantitative estimate of drug-likeness (QED) is 0.0149. The Morgan fingerprint density at radius 1 is 0.621 bits per heavy atom. The standard InChI is InChI=1S/C42H74O14P2/c1-3-5-7-9-11-12-13-14-15-16-17-18-19-23-28-32-42(45)55-38(36-54-58(49,50)53-34-37(43)33-52-57(46,47)48)35-51-41(44)31-27-24-20-22-26-30-40-39(56-40)29-25-21-10-8-6-4-2/h5,7,11-12,14-15,21,25,37-40,43H,3-4,6,8-10,13,16-20,22-24,26-36H2,1-2H3,(H,49,50)(H2,46,47,48)/b7-5-,12-11-,15-14-,25-21-/t37-,38+,39?,40?/m0/s1. The molecule has 5 atom stereocenters. The molecule has 0 spiro atoms. The number of epoxide rings is 1. The number of phosphoric acid groups is 2. The van der Waals surface area contributed by atoms with Crippen molar-refractivity contribution >= 4 is 27.6 Å². The summed E-state index contributed by atoms with van der Waals surface area (Å²) in [5.74, 6) is -1.08. The molecular formula is C42H74O14P2. The SMILES string of the molecule is CC/C=C\C/C=C\C/C=C\CCCCCCCC(=O)O[C@H](COC(=O)CCCCCCCC1OC1C/C=C\CCCCC)COP(=O)(O)OC[C@@H](O)COP(=O)(O)O. The Morgan fingerprint density at radius 2 is 1.17 bits per heavy atom. The number of esters is 2. The Morgan fingerprint density at radius 3 is 1.84 bits per heavy atom. The lowest BCUT2D eigenvalue weighted by Gasteiger charge is -2.20. The van der Waals surface area contributed by atoms with Crippen LogP contribution in [0.4, 0.5) is 0 Å². The number of phosphoric ester groups is 2. The lowest BCUT2D eigenvalue weighted by atomic mass is 10.1. The molecule has 0 amide bonds. The van der Waals surface area contributed by atoms with Crippen LogP contribution in [0.3, 0.4) is 0 Å². The van der Waals surface area contributed by atoms with Crippen LogP contribution in [0.15, 0.2) is 48.6 Å². The highest BCUT2D eigenvalue weighted by Gasteiger charge is 2.36. The Kier molecular flexibility index (Phi) is 32.4. The molecule has 0 saturated carbocycles. The average molecular weight is 865 g/mol. The number of carbonyl (C=O) groups excluding carboxylic acids is 2. The van der Waals surface area contributed by atoms with Crippen LogP contribution in [0.1, 0.15) is 155 Å². The average Bonchev–Trinajstić information content (AvgIpc) is 3.94. The van der Waals surface area contributed by atoms with E-state index >= 15 is 0 Å². The van der Waals surface area contributed by atoms with Gasteiger partial charge in [-0.25, -0.2) is 9.13 Å². The van der Waals surface area contributed by atoms with E-state index in [2.05, 4.69) is 71.5 Å². The predicted octanol–water partition coefficient (Wildman–Crippen LogP) is 9.66. The van der Waals surface area contributed by atoms with Crippen molar-refractivity contribution in [1.82, 2.24) is 0 Å². The Labute approximate surface area is 347 Å². The van der Waals surface area contributed by atoms with E-state index in [9.17, 15) is 28.7 Å². The van der Waals surface area contributed by atoms with Gasteiger partial charge in [0.25, 0.3) is 0 Å². The molecular weight excluding hydrogens is 790 g/mol. The van der Waals surface area contributed by atoms with Crippen LogP contribution >= 0.6 is 15.6 Å². The fraction of sp³-hybridized carbons (Fsp3) is 0.762. The molecule has 14 nitrogen and oxygen atoms in total. The summed E-state index contributed by atoms with van der Waals surface area (Å²) in [6.45, 7) is 1.56. The van der Waals surface area contributed by atoms with Gasteiger partial charge in [-0.15, -0.1) is 0 Å². The molecule has 1 aliphatic rings. The van der Waals surface area contributed by atoms with Crippen LogP contribution in [0.2, 0.25) is 0 Å². The topological polar surface area (TPSA) is 208 Å². The molecule has 0 radical (unpaired) electrons. The van der Waals surface area contributed by atoms with E-state index in [0.29, 0.717) is 25.0 Å². The van der Waals surface area contributed by atoms with Crippen LogP contribution in [-0.2, 0) is 46.5 Å². The number of allylic oxidation sites excluding steroid dienone is 7. The second-order valence-electron chi connectivity index (χ2n) is 14.6.